The molecule has 0 saturated heterocycles. The number of aromatic hydroxyl groups is 1. The van der Waals surface area contributed by atoms with Crippen molar-refractivity contribution < 1.29 is 10.2 Å². The summed E-state index contributed by atoms with van der Waals surface area (Å²) in [5, 5.41) is 19.8. The number of benzene rings is 1. The number of nitrogens with zero attached hydrogens (tertiary/aromatic N) is 1. The first-order chi connectivity index (χ1) is 7.80. The van der Waals surface area contributed by atoms with Crippen molar-refractivity contribution in [3.05, 3.63) is 23.8 Å². The predicted molar refractivity (Wildman–Crippen MR) is 69.5 cm³/mol. The maximum Gasteiger partial charge on any atom is 0.116 e. The minimum Gasteiger partial charge on any atom is -0.508 e. The molecule has 0 radical (unpaired) electrons. The van der Waals surface area contributed by atoms with Gasteiger partial charge >= 0.3 is 0 Å². The number of phenolic OH excluding ortho intramolecular Hbond substituents is 1. The molecule has 1 heterocycles. The topological polar surface area (TPSA) is 43.7 Å². The van der Waals surface area contributed by atoms with Crippen LogP contribution in [0.5, 0.6) is 5.75 Å². The molecular weight excluding hydrogens is 214 g/mol. The summed E-state index contributed by atoms with van der Waals surface area (Å²) in [7, 11) is 0. The highest BCUT2D eigenvalue weighted by atomic mass is 16.3. The molecule has 1 aliphatic heterocycles. The smallest absolute Gasteiger partial charge is 0.116 e. The third kappa shape index (κ3) is 2.12. The van der Waals surface area contributed by atoms with Crippen molar-refractivity contribution in [2.75, 3.05) is 4.90 Å². The van der Waals surface area contributed by atoms with Crippen LogP contribution in [-0.4, -0.2) is 27.9 Å². The Labute approximate surface area is 103 Å². The molecular formula is C14H21NO2. The first-order valence-electron chi connectivity index (χ1n) is 6.13. The zero-order chi connectivity index (χ0) is 12.8. The average molecular weight is 235 g/mol. The zero-order valence-electron chi connectivity index (χ0n) is 10.9. The molecule has 1 atom stereocenters. The Kier molecular flexibility index (Phi) is 2.82. The fourth-order valence-electron chi connectivity index (χ4n) is 2.69. The molecule has 3 nitrogen and oxygen atoms in total. The van der Waals surface area contributed by atoms with Crippen LogP contribution < -0.4 is 4.90 Å². The van der Waals surface area contributed by atoms with Gasteiger partial charge in [0.05, 0.1) is 11.6 Å². The molecule has 94 valence electrons. The van der Waals surface area contributed by atoms with Gasteiger partial charge in [0.2, 0.25) is 0 Å². The van der Waals surface area contributed by atoms with Crippen LogP contribution in [0.2, 0.25) is 0 Å². The highest BCUT2D eigenvalue weighted by molar-refractivity contribution is 5.62. The van der Waals surface area contributed by atoms with E-state index in [2.05, 4.69) is 18.7 Å². The highest BCUT2D eigenvalue weighted by Gasteiger charge is 2.39. The molecule has 2 rings (SSSR count). The van der Waals surface area contributed by atoms with Gasteiger partial charge in [-0.25, -0.2) is 0 Å². The van der Waals surface area contributed by atoms with Crippen molar-refractivity contribution in [1.29, 1.82) is 0 Å². The van der Waals surface area contributed by atoms with Gasteiger partial charge in [0, 0.05) is 11.7 Å². The summed E-state index contributed by atoms with van der Waals surface area (Å²) in [5.74, 6) is 0.295. The first kappa shape index (κ1) is 12.2. The Morgan fingerprint density at radius 2 is 2.00 bits per heavy atom. The van der Waals surface area contributed by atoms with Gasteiger partial charge in [-0.1, -0.05) is 0 Å². The van der Waals surface area contributed by atoms with Crippen LogP contribution in [-0.2, 0) is 6.42 Å². The molecule has 0 fully saturated rings. The molecule has 0 amide bonds. The van der Waals surface area contributed by atoms with Crippen LogP contribution in [0.1, 0.15) is 33.3 Å². The number of fused-ring (bicyclic) bond motifs is 1. The summed E-state index contributed by atoms with van der Waals surface area (Å²) in [5.41, 5.74) is 1.49. The maximum absolute atomic E-state index is 10.3. The summed E-state index contributed by atoms with van der Waals surface area (Å²) in [6, 6.07) is 5.85. The molecule has 0 aliphatic carbocycles. The Balaban J connectivity index is 2.44. The molecule has 0 aromatic heterocycles. The van der Waals surface area contributed by atoms with Gasteiger partial charge < -0.3 is 15.1 Å². The van der Waals surface area contributed by atoms with Gasteiger partial charge in [0.25, 0.3) is 0 Å². The fourth-order valence-corrected chi connectivity index (χ4v) is 2.69. The molecule has 0 saturated carbocycles. The Morgan fingerprint density at radius 3 is 2.53 bits per heavy atom. The van der Waals surface area contributed by atoms with E-state index in [1.165, 1.54) is 0 Å². The van der Waals surface area contributed by atoms with Crippen molar-refractivity contribution in [2.24, 2.45) is 0 Å². The van der Waals surface area contributed by atoms with E-state index in [9.17, 15) is 10.2 Å². The van der Waals surface area contributed by atoms with Gasteiger partial charge in [-0.3, -0.25) is 0 Å². The van der Waals surface area contributed by atoms with Crippen molar-refractivity contribution >= 4 is 5.69 Å². The van der Waals surface area contributed by atoms with E-state index in [-0.39, 0.29) is 6.04 Å². The molecule has 1 aromatic carbocycles. The van der Waals surface area contributed by atoms with Crippen LogP contribution in [0.25, 0.3) is 0 Å². The molecule has 1 unspecified atom stereocenters. The Morgan fingerprint density at radius 1 is 1.35 bits per heavy atom. The van der Waals surface area contributed by atoms with Gasteiger partial charge in [0.1, 0.15) is 5.75 Å². The van der Waals surface area contributed by atoms with E-state index in [0.29, 0.717) is 11.8 Å². The molecule has 2 N–H and O–H groups in total. The number of hydrogen-bond donors (Lipinski definition) is 2. The van der Waals surface area contributed by atoms with Crippen molar-refractivity contribution in [2.45, 2.75) is 51.8 Å². The van der Waals surface area contributed by atoms with Crippen LogP contribution in [0, 0.1) is 0 Å². The van der Waals surface area contributed by atoms with Crippen LogP contribution in [0.15, 0.2) is 18.2 Å². The van der Waals surface area contributed by atoms with E-state index in [1.54, 1.807) is 12.1 Å². The van der Waals surface area contributed by atoms with Crippen molar-refractivity contribution in [3.63, 3.8) is 0 Å². The lowest BCUT2D eigenvalue weighted by Gasteiger charge is -2.38. The standard InChI is InChI=1S/C14H21NO2/c1-9(2)15-12-6-5-11(16)7-10(12)8-13(15)14(3,4)17/h5-7,9,13,16-17H,8H2,1-4H3. The third-order valence-electron chi connectivity index (χ3n) is 3.46. The summed E-state index contributed by atoms with van der Waals surface area (Å²) in [4.78, 5) is 2.24. The zero-order valence-corrected chi connectivity index (χ0v) is 10.9. The number of aliphatic hydroxyl groups is 1. The van der Waals surface area contributed by atoms with Gasteiger partial charge in [-0.2, -0.15) is 0 Å². The highest BCUT2D eigenvalue weighted by Crippen LogP contribution is 2.39. The van der Waals surface area contributed by atoms with Gasteiger partial charge in [-0.15, -0.1) is 0 Å². The van der Waals surface area contributed by atoms with Crippen LogP contribution in [0.3, 0.4) is 0 Å². The second kappa shape index (κ2) is 3.91. The molecule has 0 spiro atoms. The summed E-state index contributed by atoms with van der Waals surface area (Å²) >= 11 is 0. The molecule has 1 aliphatic rings. The minimum absolute atomic E-state index is 0.0688. The normalized spacial score (nSPS) is 19.9. The van der Waals surface area contributed by atoms with E-state index < -0.39 is 5.60 Å². The monoisotopic (exact) mass is 235 g/mol. The second-order valence-corrected chi connectivity index (χ2v) is 5.69. The van der Waals surface area contributed by atoms with Crippen LogP contribution in [0.4, 0.5) is 5.69 Å². The first-order valence-corrected chi connectivity index (χ1v) is 6.13. The van der Waals surface area contributed by atoms with E-state index in [0.717, 1.165) is 17.7 Å². The van der Waals surface area contributed by atoms with Gasteiger partial charge in [-0.05, 0) is 57.9 Å². The third-order valence-corrected chi connectivity index (χ3v) is 3.46. The number of phenols is 1. The quantitative estimate of drug-likeness (QED) is 0.826. The lowest BCUT2D eigenvalue weighted by Crippen LogP contribution is -2.50. The molecule has 17 heavy (non-hydrogen) atoms. The van der Waals surface area contributed by atoms with Gasteiger partial charge in [0.15, 0.2) is 0 Å². The Hall–Kier alpha value is -1.22. The lowest BCUT2D eigenvalue weighted by atomic mass is 9.94. The fraction of sp³-hybridized carbons (Fsp3) is 0.571. The van der Waals surface area contributed by atoms with Crippen molar-refractivity contribution in [3.8, 4) is 5.75 Å². The molecule has 0 bridgehead atoms. The lowest BCUT2D eigenvalue weighted by molar-refractivity contribution is 0.0498. The van der Waals surface area contributed by atoms with Crippen molar-refractivity contribution in [1.82, 2.24) is 0 Å². The van der Waals surface area contributed by atoms with E-state index >= 15 is 0 Å². The largest absolute Gasteiger partial charge is 0.508 e. The Bertz CT molecular complexity index is 421. The van der Waals surface area contributed by atoms with E-state index in [1.807, 2.05) is 19.9 Å². The number of anilines is 1. The number of rotatable bonds is 2. The summed E-state index contributed by atoms with van der Waals surface area (Å²) < 4.78 is 0. The molecule has 1 aromatic rings. The van der Waals surface area contributed by atoms with E-state index in [4.69, 9.17) is 0 Å². The number of hydrogen-bond acceptors (Lipinski definition) is 3. The summed E-state index contributed by atoms with van der Waals surface area (Å²) in [6.45, 7) is 7.94. The maximum atomic E-state index is 10.3. The second-order valence-electron chi connectivity index (χ2n) is 5.69. The predicted octanol–water partition coefficient (Wildman–Crippen LogP) is 2.30. The van der Waals surface area contributed by atoms with Crippen LogP contribution >= 0.6 is 0 Å². The average Bonchev–Trinajstić information content (AvgIpc) is 2.55. The SMILES string of the molecule is CC(C)N1c2ccc(O)cc2CC1C(C)(C)O. The minimum atomic E-state index is -0.751. The molecule has 3 heteroatoms. The summed E-state index contributed by atoms with van der Waals surface area (Å²) in [6.07, 6.45) is 0.783.